The van der Waals surface area contributed by atoms with E-state index >= 15 is 0 Å². The second kappa shape index (κ2) is 7.04. The molecule has 2 N–H and O–H groups in total. The van der Waals surface area contributed by atoms with Gasteiger partial charge in [-0.1, -0.05) is 25.3 Å². The van der Waals surface area contributed by atoms with Crippen LogP contribution in [0.2, 0.25) is 0 Å². The zero-order valence-electron chi connectivity index (χ0n) is 13.6. The summed E-state index contributed by atoms with van der Waals surface area (Å²) in [5.74, 6) is 0.440. The molecule has 0 radical (unpaired) electrons. The molecule has 3 rings (SSSR count). The van der Waals surface area contributed by atoms with Gasteiger partial charge < -0.3 is 10.6 Å². The van der Waals surface area contributed by atoms with E-state index in [4.69, 9.17) is 5.73 Å². The molecule has 0 aromatic carbocycles. The van der Waals surface area contributed by atoms with E-state index in [1.165, 1.54) is 11.3 Å². The van der Waals surface area contributed by atoms with Crippen molar-refractivity contribution >= 4 is 23.2 Å². The van der Waals surface area contributed by atoms with Crippen LogP contribution >= 0.6 is 11.3 Å². The summed E-state index contributed by atoms with van der Waals surface area (Å²) in [6, 6.07) is 4.19. The van der Waals surface area contributed by atoms with E-state index < -0.39 is 0 Å². The van der Waals surface area contributed by atoms with Crippen LogP contribution in [0.5, 0.6) is 0 Å². The van der Waals surface area contributed by atoms with Crippen molar-refractivity contribution in [1.29, 1.82) is 0 Å². The predicted molar refractivity (Wildman–Crippen MR) is 92.2 cm³/mol. The maximum atomic E-state index is 13.3. The molecular formula is C18H26N2O2S. The molecule has 1 saturated carbocycles. The van der Waals surface area contributed by atoms with E-state index in [0.29, 0.717) is 18.2 Å². The molecule has 2 aliphatic rings. The summed E-state index contributed by atoms with van der Waals surface area (Å²) in [5, 5.41) is 2.08. The molecule has 23 heavy (non-hydrogen) atoms. The first-order valence-electron chi connectivity index (χ1n) is 8.73. The number of likely N-dealkylation sites (tertiary alicyclic amines) is 1. The molecule has 126 valence electrons. The Hall–Kier alpha value is -1.36. The Morgan fingerprint density at radius 3 is 2.48 bits per heavy atom. The van der Waals surface area contributed by atoms with Gasteiger partial charge in [-0.15, -0.1) is 11.3 Å². The number of nitrogens with two attached hydrogens (primary N) is 1. The van der Waals surface area contributed by atoms with Gasteiger partial charge in [0.15, 0.2) is 0 Å². The van der Waals surface area contributed by atoms with Crippen LogP contribution in [0.4, 0.5) is 0 Å². The number of piperidine rings is 1. The van der Waals surface area contributed by atoms with Crippen LogP contribution in [-0.2, 0) is 15.0 Å². The quantitative estimate of drug-likeness (QED) is 0.920. The van der Waals surface area contributed by atoms with Crippen LogP contribution in [0.1, 0.15) is 56.2 Å². The van der Waals surface area contributed by atoms with E-state index in [9.17, 15) is 9.59 Å². The number of hydrogen-bond donors (Lipinski definition) is 1. The molecular weight excluding hydrogens is 308 g/mol. The van der Waals surface area contributed by atoms with Crippen molar-refractivity contribution < 1.29 is 9.59 Å². The van der Waals surface area contributed by atoms with E-state index in [2.05, 4.69) is 17.5 Å². The molecule has 4 nitrogen and oxygen atoms in total. The Morgan fingerprint density at radius 1 is 1.22 bits per heavy atom. The fourth-order valence-corrected chi connectivity index (χ4v) is 5.18. The Balaban J connectivity index is 1.71. The molecule has 2 fully saturated rings. The van der Waals surface area contributed by atoms with Gasteiger partial charge in [-0.3, -0.25) is 9.59 Å². The van der Waals surface area contributed by atoms with Crippen LogP contribution in [0, 0.1) is 5.92 Å². The Kier molecular flexibility index (Phi) is 5.05. The molecule has 1 aromatic rings. The van der Waals surface area contributed by atoms with Gasteiger partial charge in [0.1, 0.15) is 0 Å². The van der Waals surface area contributed by atoms with E-state index in [0.717, 1.165) is 51.6 Å². The Morgan fingerprint density at radius 2 is 1.91 bits per heavy atom. The monoisotopic (exact) mass is 334 g/mol. The van der Waals surface area contributed by atoms with Crippen LogP contribution in [-0.4, -0.2) is 29.8 Å². The molecule has 2 amide bonds. The molecule has 5 heteroatoms. The van der Waals surface area contributed by atoms with Crippen molar-refractivity contribution in [2.45, 2.75) is 56.8 Å². The molecule has 1 aliphatic heterocycles. The van der Waals surface area contributed by atoms with Crippen LogP contribution in [0.3, 0.4) is 0 Å². The number of rotatable bonds is 4. The van der Waals surface area contributed by atoms with E-state index in [1.54, 1.807) is 11.3 Å². The topological polar surface area (TPSA) is 63.4 Å². The van der Waals surface area contributed by atoms with E-state index in [-0.39, 0.29) is 11.3 Å². The third-order valence-corrected chi connectivity index (χ3v) is 6.57. The number of carbonyl (C=O) groups excluding carboxylic acids is 2. The van der Waals surface area contributed by atoms with Gasteiger partial charge in [-0.2, -0.15) is 0 Å². The van der Waals surface area contributed by atoms with Crippen LogP contribution in [0.25, 0.3) is 0 Å². The SMILES string of the molecule is NC(=O)CC1CCN(C(=O)C2(c3cccs3)CCCCC2)CC1. The highest BCUT2D eigenvalue weighted by molar-refractivity contribution is 7.10. The zero-order chi connectivity index (χ0) is 16.3. The summed E-state index contributed by atoms with van der Waals surface area (Å²) in [6.07, 6.45) is 7.73. The number of carbonyl (C=O) groups is 2. The van der Waals surface area contributed by atoms with Crippen molar-refractivity contribution in [3.05, 3.63) is 22.4 Å². The average Bonchev–Trinajstić information content (AvgIpc) is 3.10. The third kappa shape index (κ3) is 3.44. The highest BCUT2D eigenvalue weighted by Gasteiger charge is 2.44. The second-order valence-electron chi connectivity index (χ2n) is 7.03. The Labute approximate surface area is 142 Å². The van der Waals surface area contributed by atoms with Crippen molar-refractivity contribution in [2.75, 3.05) is 13.1 Å². The largest absolute Gasteiger partial charge is 0.370 e. The van der Waals surface area contributed by atoms with Crippen LogP contribution < -0.4 is 5.73 Å². The third-order valence-electron chi connectivity index (χ3n) is 5.50. The maximum Gasteiger partial charge on any atom is 0.234 e. The molecule has 0 atom stereocenters. The smallest absolute Gasteiger partial charge is 0.234 e. The van der Waals surface area contributed by atoms with Crippen molar-refractivity contribution in [1.82, 2.24) is 4.90 Å². The van der Waals surface area contributed by atoms with Gasteiger partial charge in [0.25, 0.3) is 0 Å². The zero-order valence-corrected chi connectivity index (χ0v) is 14.4. The number of primary amides is 1. The summed E-state index contributed by atoms with van der Waals surface area (Å²) in [4.78, 5) is 27.7. The normalized spacial score (nSPS) is 22.0. The Bertz CT molecular complexity index is 541. The van der Waals surface area contributed by atoms with Gasteiger partial charge in [0.2, 0.25) is 11.8 Å². The first kappa shape index (κ1) is 16.5. The van der Waals surface area contributed by atoms with Gasteiger partial charge in [-0.25, -0.2) is 0 Å². The lowest BCUT2D eigenvalue weighted by molar-refractivity contribution is -0.140. The lowest BCUT2D eigenvalue weighted by atomic mass is 9.71. The van der Waals surface area contributed by atoms with Gasteiger partial charge >= 0.3 is 0 Å². The highest BCUT2D eigenvalue weighted by atomic mass is 32.1. The number of nitrogens with zero attached hydrogens (tertiary/aromatic N) is 1. The summed E-state index contributed by atoms with van der Waals surface area (Å²) >= 11 is 1.72. The van der Waals surface area contributed by atoms with Gasteiger partial charge in [-0.05, 0) is 43.0 Å². The van der Waals surface area contributed by atoms with Crippen LogP contribution in [0.15, 0.2) is 17.5 Å². The van der Waals surface area contributed by atoms with Crippen molar-refractivity contribution in [2.24, 2.45) is 11.7 Å². The molecule has 0 spiro atoms. The van der Waals surface area contributed by atoms with Crippen molar-refractivity contribution in [3.63, 3.8) is 0 Å². The molecule has 1 aliphatic carbocycles. The van der Waals surface area contributed by atoms with Crippen molar-refractivity contribution in [3.8, 4) is 0 Å². The molecule has 0 bridgehead atoms. The molecule has 0 unspecified atom stereocenters. The minimum absolute atomic E-state index is 0.225. The first-order chi connectivity index (χ1) is 11.1. The van der Waals surface area contributed by atoms with E-state index in [1.807, 2.05) is 4.90 Å². The fourth-order valence-electron chi connectivity index (χ4n) is 4.20. The number of hydrogen-bond acceptors (Lipinski definition) is 3. The minimum Gasteiger partial charge on any atom is -0.370 e. The maximum absolute atomic E-state index is 13.3. The predicted octanol–water partition coefficient (Wildman–Crippen LogP) is 3.06. The number of thiophene rings is 1. The summed E-state index contributed by atoms with van der Waals surface area (Å²) in [5.41, 5.74) is 5.01. The summed E-state index contributed by atoms with van der Waals surface area (Å²) < 4.78 is 0. The molecule has 1 aromatic heterocycles. The standard InChI is InChI=1S/C18H26N2O2S/c19-16(21)13-14-6-10-20(11-7-14)17(22)18(8-2-1-3-9-18)15-5-4-12-23-15/h4-5,12,14H,1-3,6-11,13H2,(H2,19,21). The van der Waals surface area contributed by atoms with Gasteiger partial charge in [0, 0.05) is 24.4 Å². The second-order valence-corrected chi connectivity index (χ2v) is 7.97. The minimum atomic E-state index is -0.289. The number of amides is 2. The lowest BCUT2D eigenvalue weighted by Crippen LogP contribution is -2.50. The molecule has 1 saturated heterocycles. The fraction of sp³-hybridized carbons (Fsp3) is 0.667. The summed E-state index contributed by atoms with van der Waals surface area (Å²) in [6.45, 7) is 1.54. The summed E-state index contributed by atoms with van der Waals surface area (Å²) in [7, 11) is 0. The average molecular weight is 334 g/mol. The highest BCUT2D eigenvalue weighted by Crippen LogP contribution is 2.43. The van der Waals surface area contributed by atoms with Gasteiger partial charge in [0.05, 0.1) is 5.41 Å². The lowest BCUT2D eigenvalue weighted by Gasteiger charge is -2.41. The molecule has 2 heterocycles. The first-order valence-corrected chi connectivity index (χ1v) is 9.61.